The fraction of sp³-hybridized carbons (Fsp3) is 0.286. The Kier molecular flexibility index (Phi) is 5.45. The normalized spacial score (nSPS) is 13.1. The number of methoxy groups -OCH3 is 1. The highest BCUT2D eigenvalue weighted by atomic mass is 16.5. The van der Waals surface area contributed by atoms with Gasteiger partial charge >= 0.3 is 5.97 Å². The highest BCUT2D eigenvalue weighted by molar-refractivity contribution is 5.88. The first-order chi connectivity index (χ1) is 11.3. The molecule has 3 heteroatoms. The third kappa shape index (κ3) is 3.67. The molecule has 24 heavy (non-hydrogen) atoms. The van der Waals surface area contributed by atoms with Gasteiger partial charge in [-0.2, -0.15) is 0 Å². The minimum absolute atomic E-state index is 0.335. The fourth-order valence-corrected chi connectivity index (χ4v) is 2.73. The van der Waals surface area contributed by atoms with Crippen LogP contribution >= 0.6 is 0 Å². The number of aromatic nitrogens is 1. The van der Waals surface area contributed by atoms with Gasteiger partial charge in [-0.1, -0.05) is 24.3 Å². The van der Waals surface area contributed by atoms with Gasteiger partial charge in [-0.25, -0.2) is 4.79 Å². The molecule has 3 nitrogen and oxygen atoms in total. The van der Waals surface area contributed by atoms with Gasteiger partial charge in [0.1, 0.15) is 0 Å². The van der Waals surface area contributed by atoms with Gasteiger partial charge in [-0.3, -0.25) is 0 Å². The van der Waals surface area contributed by atoms with Crippen molar-refractivity contribution in [2.75, 3.05) is 7.11 Å². The predicted octanol–water partition coefficient (Wildman–Crippen LogP) is 4.87. The lowest BCUT2D eigenvalue weighted by atomic mass is 10.0. The number of hydrogen-bond donors (Lipinski definition) is 0. The van der Waals surface area contributed by atoms with Gasteiger partial charge in [0.2, 0.25) is 0 Å². The topological polar surface area (TPSA) is 31.2 Å². The number of fused-ring (bicyclic) bond motifs is 1. The summed E-state index contributed by atoms with van der Waals surface area (Å²) in [7, 11) is 3.48. The van der Waals surface area contributed by atoms with Crippen LogP contribution in [0.4, 0.5) is 0 Å². The van der Waals surface area contributed by atoms with Crippen LogP contribution in [0.15, 0.2) is 48.1 Å². The summed E-state index contributed by atoms with van der Waals surface area (Å²) in [5.74, 6) is -0.335. The molecule has 2 aromatic rings. The Bertz CT molecular complexity index is 864. The lowest BCUT2D eigenvalue weighted by Gasteiger charge is -2.03. The van der Waals surface area contributed by atoms with E-state index in [1.54, 1.807) is 0 Å². The SMILES string of the molecule is COC(=O)C=C(C)C=CC=C(C)c1ccc2c(c1)c(C)c(C)n2C. The van der Waals surface area contributed by atoms with E-state index in [4.69, 9.17) is 0 Å². The number of carbonyl (C=O) groups is 1. The average molecular weight is 323 g/mol. The molecule has 1 aromatic heterocycles. The molecule has 0 saturated heterocycles. The Hall–Kier alpha value is -2.55. The predicted molar refractivity (Wildman–Crippen MR) is 101 cm³/mol. The van der Waals surface area contributed by atoms with Crippen LogP contribution in [0.5, 0.6) is 0 Å². The summed E-state index contributed by atoms with van der Waals surface area (Å²) in [5, 5.41) is 1.30. The second-order valence-corrected chi connectivity index (χ2v) is 6.12. The maximum absolute atomic E-state index is 11.2. The molecule has 1 heterocycles. The van der Waals surface area contributed by atoms with Crippen LogP contribution in [0, 0.1) is 13.8 Å². The van der Waals surface area contributed by atoms with Crippen LogP contribution in [0.2, 0.25) is 0 Å². The van der Waals surface area contributed by atoms with Gasteiger partial charge in [0.25, 0.3) is 0 Å². The Balaban J connectivity index is 2.28. The molecule has 0 amide bonds. The number of aryl methyl sites for hydroxylation is 2. The van der Waals surface area contributed by atoms with Crippen molar-refractivity contribution >= 4 is 22.4 Å². The van der Waals surface area contributed by atoms with E-state index < -0.39 is 0 Å². The first-order valence-corrected chi connectivity index (χ1v) is 8.02. The molecule has 1 aromatic carbocycles. The van der Waals surface area contributed by atoms with E-state index in [-0.39, 0.29) is 5.97 Å². The molecule has 0 aliphatic heterocycles. The van der Waals surface area contributed by atoms with Crippen LogP contribution in [-0.4, -0.2) is 17.6 Å². The zero-order chi connectivity index (χ0) is 17.9. The van der Waals surface area contributed by atoms with Crippen molar-refractivity contribution in [1.29, 1.82) is 0 Å². The number of carbonyl (C=O) groups excluding carboxylic acids is 1. The standard InChI is InChI=1S/C21H25NO2/c1-14(12-21(23)24-6)8-7-9-15(2)18-10-11-20-19(13-18)16(3)17(4)22(20)5/h7-13H,1-6H3. The molecule has 0 unspecified atom stereocenters. The van der Waals surface area contributed by atoms with Gasteiger partial charge in [0, 0.05) is 29.7 Å². The Morgan fingerprint density at radius 2 is 1.92 bits per heavy atom. The minimum atomic E-state index is -0.335. The van der Waals surface area contributed by atoms with Crippen LogP contribution in [0.3, 0.4) is 0 Å². The van der Waals surface area contributed by atoms with Crippen LogP contribution in [0.1, 0.15) is 30.7 Å². The molecule has 0 fully saturated rings. The summed E-state index contributed by atoms with van der Waals surface area (Å²) in [6.07, 6.45) is 7.39. The van der Waals surface area contributed by atoms with Crippen LogP contribution < -0.4 is 0 Å². The van der Waals surface area contributed by atoms with Crippen molar-refractivity contribution in [3.05, 3.63) is 64.9 Å². The Morgan fingerprint density at radius 1 is 1.21 bits per heavy atom. The fourth-order valence-electron chi connectivity index (χ4n) is 2.73. The van der Waals surface area contributed by atoms with Crippen molar-refractivity contribution in [3.8, 4) is 0 Å². The highest BCUT2D eigenvalue weighted by Gasteiger charge is 2.08. The number of esters is 1. The maximum atomic E-state index is 11.2. The lowest BCUT2D eigenvalue weighted by molar-refractivity contribution is -0.134. The molecule has 0 bridgehead atoms. The van der Waals surface area contributed by atoms with Crippen molar-refractivity contribution < 1.29 is 9.53 Å². The smallest absolute Gasteiger partial charge is 0.330 e. The third-order valence-corrected chi connectivity index (χ3v) is 4.52. The first kappa shape index (κ1) is 17.8. The third-order valence-electron chi connectivity index (χ3n) is 4.52. The monoisotopic (exact) mass is 323 g/mol. The number of nitrogens with zero attached hydrogens (tertiary/aromatic N) is 1. The lowest BCUT2D eigenvalue weighted by Crippen LogP contribution is -1.94. The number of ether oxygens (including phenoxy) is 1. The molecule has 2 rings (SSSR count). The second kappa shape index (κ2) is 7.35. The second-order valence-electron chi connectivity index (χ2n) is 6.12. The number of allylic oxidation sites excluding steroid dienone is 5. The van der Waals surface area contributed by atoms with Gasteiger partial charge in [0.15, 0.2) is 0 Å². The maximum Gasteiger partial charge on any atom is 0.330 e. The number of hydrogen-bond acceptors (Lipinski definition) is 2. The zero-order valence-corrected chi connectivity index (χ0v) is 15.3. The number of rotatable bonds is 4. The molecular formula is C21H25NO2. The molecule has 0 atom stereocenters. The van der Waals surface area contributed by atoms with E-state index in [0.717, 1.165) is 5.57 Å². The molecule has 0 spiro atoms. The van der Waals surface area contributed by atoms with E-state index in [0.29, 0.717) is 0 Å². The summed E-state index contributed by atoms with van der Waals surface area (Å²) in [6.45, 7) is 8.28. The van der Waals surface area contributed by atoms with Gasteiger partial charge < -0.3 is 9.30 Å². The largest absolute Gasteiger partial charge is 0.466 e. The zero-order valence-electron chi connectivity index (χ0n) is 15.3. The first-order valence-electron chi connectivity index (χ1n) is 8.02. The summed E-state index contributed by atoms with van der Waals surface area (Å²) in [6, 6.07) is 6.57. The van der Waals surface area contributed by atoms with Crippen molar-refractivity contribution in [2.24, 2.45) is 7.05 Å². The summed E-state index contributed by atoms with van der Waals surface area (Å²) < 4.78 is 6.85. The quantitative estimate of drug-likeness (QED) is 0.456. The van der Waals surface area contributed by atoms with E-state index >= 15 is 0 Å². The van der Waals surface area contributed by atoms with E-state index in [1.165, 1.54) is 46.5 Å². The van der Waals surface area contributed by atoms with E-state index in [2.05, 4.69) is 61.4 Å². The molecule has 0 aliphatic rings. The summed E-state index contributed by atoms with van der Waals surface area (Å²) in [4.78, 5) is 11.2. The van der Waals surface area contributed by atoms with Crippen LogP contribution in [-0.2, 0) is 16.6 Å². The van der Waals surface area contributed by atoms with Crippen molar-refractivity contribution in [3.63, 3.8) is 0 Å². The molecule has 126 valence electrons. The van der Waals surface area contributed by atoms with Crippen molar-refractivity contribution in [1.82, 2.24) is 4.57 Å². The average Bonchev–Trinajstić information content (AvgIpc) is 2.78. The number of benzene rings is 1. The van der Waals surface area contributed by atoms with E-state index in [9.17, 15) is 4.79 Å². The highest BCUT2D eigenvalue weighted by Crippen LogP contribution is 2.27. The molecular weight excluding hydrogens is 298 g/mol. The molecule has 0 saturated carbocycles. The molecule has 0 aliphatic carbocycles. The van der Waals surface area contributed by atoms with E-state index in [1.807, 2.05) is 19.1 Å². The molecule has 0 N–H and O–H groups in total. The Morgan fingerprint density at radius 3 is 2.58 bits per heavy atom. The summed E-state index contributed by atoms with van der Waals surface area (Å²) in [5.41, 5.74) is 7.13. The summed E-state index contributed by atoms with van der Waals surface area (Å²) >= 11 is 0. The van der Waals surface area contributed by atoms with Gasteiger partial charge in [0.05, 0.1) is 7.11 Å². The van der Waals surface area contributed by atoms with Gasteiger partial charge in [-0.15, -0.1) is 0 Å². The minimum Gasteiger partial charge on any atom is -0.466 e. The van der Waals surface area contributed by atoms with Gasteiger partial charge in [-0.05, 0) is 62.1 Å². The Labute approximate surface area is 143 Å². The van der Waals surface area contributed by atoms with Crippen molar-refractivity contribution in [2.45, 2.75) is 27.7 Å². The van der Waals surface area contributed by atoms with Crippen LogP contribution in [0.25, 0.3) is 16.5 Å². The molecule has 0 radical (unpaired) electrons.